The molecule has 2 rings (SSSR count). The van der Waals surface area contributed by atoms with Crippen LogP contribution in [0.3, 0.4) is 0 Å². The number of hydrogen-bond acceptors (Lipinski definition) is 5. The molecule has 6 nitrogen and oxygen atoms in total. The van der Waals surface area contributed by atoms with Gasteiger partial charge in [0.15, 0.2) is 11.5 Å². The van der Waals surface area contributed by atoms with Gasteiger partial charge in [-0.3, -0.25) is 9.78 Å². The standard InChI is InChI=1S/C19H17N3O3/c20-13-15(5-3-4-14-7-8-17(23)18(24)12-14)19(25)22-11-9-16-6-1-2-10-21-16/h1-8,10,12,23-24H,9,11H2,(H,22,25)/b4-3+,15-5+. The molecule has 0 aliphatic rings. The van der Waals surface area contributed by atoms with Crippen LogP contribution in [0.1, 0.15) is 11.3 Å². The first-order valence-electron chi connectivity index (χ1n) is 7.58. The van der Waals surface area contributed by atoms with Gasteiger partial charge in [-0.05, 0) is 35.9 Å². The number of hydrogen-bond donors (Lipinski definition) is 3. The number of rotatable bonds is 6. The van der Waals surface area contributed by atoms with Gasteiger partial charge in [0.25, 0.3) is 5.91 Å². The lowest BCUT2D eigenvalue weighted by molar-refractivity contribution is -0.117. The van der Waals surface area contributed by atoms with Crippen LogP contribution < -0.4 is 5.32 Å². The Morgan fingerprint density at radius 3 is 2.76 bits per heavy atom. The molecular formula is C19H17N3O3. The summed E-state index contributed by atoms with van der Waals surface area (Å²) in [5, 5.41) is 30.4. The third-order valence-corrected chi connectivity index (χ3v) is 3.31. The van der Waals surface area contributed by atoms with Crippen LogP contribution in [0, 0.1) is 11.3 Å². The fourth-order valence-corrected chi connectivity index (χ4v) is 2.01. The van der Waals surface area contributed by atoms with Crippen molar-refractivity contribution >= 4 is 12.0 Å². The second-order valence-corrected chi connectivity index (χ2v) is 5.13. The quantitative estimate of drug-likeness (QED) is 0.325. The van der Waals surface area contributed by atoms with E-state index in [0.29, 0.717) is 18.5 Å². The van der Waals surface area contributed by atoms with Gasteiger partial charge in [0.1, 0.15) is 11.6 Å². The molecule has 0 spiro atoms. The summed E-state index contributed by atoms with van der Waals surface area (Å²) in [5.74, 6) is -0.909. The number of carbonyl (C=O) groups is 1. The summed E-state index contributed by atoms with van der Waals surface area (Å²) in [7, 11) is 0. The summed E-state index contributed by atoms with van der Waals surface area (Å²) in [6, 6.07) is 11.7. The normalized spacial score (nSPS) is 11.2. The van der Waals surface area contributed by atoms with Gasteiger partial charge >= 0.3 is 0 Å². The molecule has 1 aromatic heterocycles. The fourth-order valence-electron chi connectivity index (χ4n) is 2.01. The van der Waals surface area contributed by atoms with Crippen LogP contribution >= 0.6 is 0 Å². The monoisotopic (exact) mass is 335 g/mol. The van der Waals surface area contributed by atoms with Crippen molar-refractivity contribution < 1.29 is 15.0 Å². The van der Waals surface area contributed by atoms with Crippen molar-refractivity contribution in [3.05, 3.63) is 71.6 Å². The van der Waals surface area contributed by atoms with Gasteiger partial charge in [-0.1, -0.05) is 24.3 Å². The molecule has 0 fully saturated rings. The average molecular weight is 335 g/mol. The van der Waals surface area contributed by atoms with Crippen molar-refractivity contribution in [3.8, 4) is 17.6 Å². The number of pyridine rings is 1. The smallest absolute Gasteiger partial charge is 0.261 e. The second-order valence-electron chi connectivity index (χ2n) is 5.13. The van der Waals surface area contributed by atoms with E-state index in [1.165, 1.54) is 24.3 Å². The molecule has 0 atom stereocenters. The first kappa shape index (κ1) is 17.8. The number of aromatic hydroxyl groups is 2. The highest BCUT2D eigenvalue weighted by Crippen LogP contribution is 2.25. The zero-order chi connectivity index (χ0) is 18.1. The van der Waals surface area contributed by atoms with Crippen molar-refractivity contribution in [2.24, 2.45) is 0 Å². The van der Waals surface area contributed by atoms with Crippen LogP contribution in [0.2, 0.25) is 0 Å². The van der Waals surface area contributed by atoms with Crippen LogP contribution in [0.25, 0.3) is 6.08 Å². The van der Waals surface area contributed by atoms with Crippen molar-refractivity contribution in [1.29, 1.82) is 5.26 Å². The van der Waals surface area contributed by atoms with Crippen LogP contribution in [-0.2, 0) is 11.2 Å². The van der Waals surface area contributed by atoms with Crippen LogP contribution in [0.5, 0.6) is 11.5 Å². The summed E-state index contributed by atoms with van der Waals surface area (Å²) < 4.78 is 0. The highest BCUT2D eigenvalue weighted by atomic mass is 16.3. The number of phenols is 2. The molecule has 0 saturated carbocycles. The number of nitriles is 1. The number of carbonyl (C=O) groups excluding carboxylic acids is 1. The van der Waals surface area contributed by atoms with Gasteiger partial charge in [-0.2, -0.15) is 5.26 Å². The molecule has 126 valence electrons. The van der Waals surface area contributed by atoms with E-state index < -0.39 is 5.91 Å². The van der Waals surface area contributed by atoms with Crippen LogP contribution in [0.4, 0.5) is 0 Å². The number of aromatic nitrogens is 1. The Morgan fingerprint density at radius 1 is 1.24 bits per heavy atom. The number of benzene rings is 1. The molecule has 0 saturated heterocycles. The maximum Gasteiger partial charge on any atom is 0.261 e. The third-order valence-electron chi connectivity index (χ3n) is 3.31. The predicted octanol–water partition coefficient (Wildman–Crippen LogP) is 2.31. The minimum absolute atomic E-state index is 0.0275. The average Bonchev–Trinajstić information content (AvgIpc) is 2.62. The van der Waals surface area contributed by atoms with Crippen LogP contribution in [0.15, 0.2) is 60.3 Å². The Bertz CT molecular complexity index is 837. The van der Waals surface area contributed by atoms with Crippen molar-refractivity contribution in [1.82, 2.24) is 10.3 Å². The Hall–Kier alpha value is -3.59. The predicted molar refractivity (Wildman–Crippen MR) is 93.5 cm³/mol. The SMILES string of the molecule is N#C/C(=C\C=C\c1ccc(O)c(O)c1)C(=O)NCCc1ccccn1. The maximum atomic E-state index is 12.0. The van der Waals surface area contributed by atoms with E-state index in [4.69, 9.17) is 5.26 Å². The molecule has 0 radical (unpaired) electrons. The lowest BCUT2D eigenvalue weighted by Crippen LogP contribution is -2.26. The lowest BCUT2D eigenvalue weighted by atomic mass is 10.1. The molecule has 6 heteroatoms. The van der Waals surface area contributed by atoms with Gasteiger partial charge in [-0.25, -0.2) is 0 Å². The number of allylic oxidation sites excluding steroid dienone is 2. The van der Waals surface area contributed by atoms with E-state index >= 15 is 0 Å². The van der Waals surface area contributed by atoms with E-state index in [9.17, 15) is 15.0 Å². The van der Waals surface area contributed by atoms with Gasteiger partial charge in [0.2, 0.25) is 0 Å². The summed E-state index contributed by atoms with van der Waals surface area (Å²) in [6.07, 6.45) is 6.79. The lowest BCUT2D eigenvalue weighted by Gasteiger charge is -2.03. The Labute approximate surface area is 145 Å². The largest absolute Gasteiger partial charge is 0.504 e. The summed E-state index contributed by atoms with van der Waals surface area (Å²) in [5.41, 5.74) is 1.46. The van der Waals surface area contributed by atoms with E-state index in [1.54, 1.807) is 18.3 Å². The number of nitrogens with one attached hydrogen (secondary N) is 1. The zero-order valence-corrected chi connectivity index (χ0v) is 13.4. The molecule has 1 aromatic carbocycles. The molecule has 1 amide bonds. The summed E-state index contributed by atoms with van der Waals surface area (Å²) >= 11 is 0. The number of nitrogens with zero attached hydrogens (tertiary/aromatic N) is 2. The van der Waals surface area contributed by atoms with Crippen LogP contribution in [-0.4, -0.2) is 27.6 Å². The maximum absolute atomic E-state index is 12.0. The second kappa shape index (κ2) is 8.89. The number of phenolic OH excluding ortho intramolecular Hbond substituents is 2. The first-order chi connectivity index (χ1) is 12.1. The number of amides is 1. The molecule has 2 aromatic rings. The van der Waals surface area contributed by atoms with E-state index in [1.807, 2.05) is 24.3 Å². The molecular weight excluding hydrogens is 318 g/mol. The van der Waals surface area contributed by atoms with E-state index in [2.05, 4.69) is 10.3 Å². The Kier molecular flexibility index (Phi) is 6.32. The highest BCUT2D eigenvalue weighted by Gasteiger charge is 2.07. The first-order valence-corrected chi connectivity index (χ1v) is 7.58. The van der Waals surface area contributed by atoms with E-state index in [0.717, 1.165) is 5.69 Å². The summed E-state index contributed by atoms with van der Waals surface area (Å²) in [4.78, 5) is 16.1. The fraction of sp³-hybridized carbons (Fsp3) is 0.105. The van der Waals surface area contributed by atoms with Gasteiger partial charge < -0.3 is 15.5 Å². The Morgan fingerprint density at radius 2 is 2.08 bits per heavy atom. The minimum Gasteiger partial charge on any atom is -0.504 e. The Balaban J connectivity index is 1.92. The summed E-state index contributed by atoms with van der Waals surface area (Å²) in [6.45, 7) is 0.379. The minimum atomic E-state index is -0.461. The molecule has 0 bridgehead atoms. The highest BCUT2D eigenvalue weighted by molar-refractivity contribution is 5.97. The van der Waals surface area contributed by atoms with Crippen molar-refractivity contribution in [2.45, 2.75) is 6.42 Å². The molecule has 0 aliphatic carbocycles. The van der Waals surface area contributed by atoms with Gasteiger partial charge in [0, 0.05) is 24.9 Å². The molecule has 3 N–H and O–H groups in total. The van der Waals surface area contributed by atoms with Gasteiger partial charge in [0.05, 0.1) is 0 Å². The van der Waals surface area contributed by atoms with E-state index in [-0.39, 0.29) is 17.1 Å². The molecule has 25 heavy (non-hydrogen) atoms. The zero-order valence-electron chi connectivity index (χ0n) is 13.4. The molecule has 0 unspecified atom stereocenters. The van der Waals surface area contributed by atoms with Crippen molar-refractivity contribution in [2.75, 3.05) is 6.54 Å². The topological polar surface area (TPSA) is 106 Å². The van der Waals surface area contributed by atoms with Gasteiger partial charge in [-0.15, -0.1) is 0 Å². The third kappa shape index (κ3) is 5.52. The molecule has 0 aliphatic heterocycles. The van der Waals surface area contributed by atoms with Crippen molar-refractivity contribution in [3.63, 3.8) is 0 Å². The molecule has 1 heterocycles.